The van der Waals surface area contributed by atoms with Crippen LogP contribution in [0.25, 0.3) is 0 Å². The maximum absolute atomic E-state index is 12.7. The lowest BCUT2D eigenvalue weighted by atomic mass is 10.1. The number of amides is 3. The normalized spacial score (nSPS) is 13.9. The number of nitrogens with one attached hydrogen (secondary N) is 1. The van der Waals surface area contributed by atoms with Crippen molar-refractivity contribution < 1.29 is 19.3 Å². The monoisotopic (exact) mass is 398 g/mol. The van der Waals surface area contributed by atoms with Gasteiger partial charge in [-0.05, 0) is 25.5 Å². The van der Waals surface area contributed by atoms with E-state index in [1.165, 1.54) is 42.0 Å². The molecule has 3 rings (SSSR count). The van der Waals surface area contributed by atoms with Crippen molar-refractivity contribution >= 4 is 29.1 Å². The predicted molar refractivity (Wildman–Crippen MR) is 103 cm³/mol. The molecule has 1 aromatic carbocycles. The first-order chi connectivity index (χ1) is 13.8. The lowest BCUT2D eigenvalue weighted by Gasteiger charge is -2.21. The number of nitro benzene ring substituents is 1. The van der Waals surface area contributed by atoms with Gasteiger partial charge in [-0.15, -0.1) is 0 Å². The summed E-state index contributed by atoms with van der Waals surface area (Å²) in [6.07, 6.45) is 2.20. The molecule has 29 heavy (non-hydrogen) atoms. The fraction of sp³-hybridized carbons (Fsp3) is 0.263. The Kier molecular flexibility index (Phi) is 5.26. The number of fused-ring (bicyclic) bond motifs is 1. The van der Waals surface area contributed by atoms with Crippen molar-refractivity contribution in [1.29, 1.82) is 0 Å². The molecule has 1 N–H and O–H groups in total. The van der Waals surface area contributed by atoms with Gasteiger partial charge in [0, 0.05) is 24.9 Å². The third kappa shape index (κ3) is 3.51. The Labute approximate surface area is 164 Å². The highest BCUT2D eigenvalue weighted by atomic mass is 16.6. The molecular weight excluding hydrogens is 380 g/mol. The second kappa shape index (κ2) is 7.66. The molecule has 0 fully saturated rings. The Bertz CT molecular complexity index is 1090. The Morgan fingerprint density at radius 1 is 1.17 bits per heavy atom. The van der Waals surface area contributed by atoms with E-state index in [1.54, 1.807) is 0 Å². The molecule has 0 radical (unpaired) electrons. The van der Waals surface area contributed by atoms with Crippen LogP contribution in [0.15, 0.2) is 41.3 Å². The number of carbonyl (C=O) groups is 3. The number of aryl methyl sites for hydroxylation is 1. The number of imide groups is 1. The molecule has 0 spiro atoms. The molecule has 3 amide bonds. The maximum atomic E-state index is 12.7. The minimum Gasteiger partial charge on any atom is -0.323 e. The van der Waals surface area contributed by atoms with E-state index in [4.69, 9.17) is 0 Å². The van der Waals surface area contributed by atoms with Crippen LogP contribution in [-0.2, 0) is 11.3 Å². The first-order valence-electron chi connectivity index (χ1n) is 8.93. The van der Waals surface area contributed by atoms with Gasteiger partial charge in [0.15, 0.2) is 0 Å². The van der Waals surface area contributed by atoms with Gasteiger partial charge in [0.05, 0.1) is 16.2 Å². The van der Waals surface area contributed by atoms with Crippen LogP contribution in [0.3, 0.4) is 0 Å². The van der Waals surface area contributed by atoms with E-state index >= 15 is 0 Å². The summed E-state index contributed by atoms with van der Waals surface area (Å²) in [6, 6.07) is 5.28. The second-order valence-electron chi connectivity index (χ2n) is 6.55. The highest BCUT2D eigenvalue weighted by Gasteiger charge is 2.44. The molecule has 1 unspecified atom stereocenters. The minimum atomic E-state index is -1.21. The van der Waals surface area contributed by atoms with E-state index in [9.17, 15) is 29.3 Å². The SMILES string of the molecule is CCCn1cc(NC(=O)C(C)N2C(=O)c3cccc([N+](=O)[O-])c3C2=O)ccc1=O. The smallest absolute Gasteiger partial charge is 0.282 e. The number of nitrogens with zero attached hydrogens (tertiary/aromatic N) is 3. The van der Waals surface area contributed by atoms with Crippen LogP contribution in [-0.4, -0.2) is 38.2 Å². The molecule has 150 valence electrons. The fourth-order valence-corrected chi connectivity index (χ4v) is 3.17. The first-order valence-corrected chi connectivity index (χ1v) is 8.93. The zero-order valence-corrected chi connectivity index (χ0v) is 15.7. The average molecular weight is 398 g/mol. The van der Waals surface area contributed by atoms with Crippen molar-refractivity contribution in [1.82, 2.24) is 9.47 Å². The van der Waals surface area contributed by atoms with Crippen LogP contribution in [0.4, 0.5) is 11.4 Å². The summed E-state index contributed by atoms with van der Waals surface area (Å²) in [7, 11) is 0. The maximum Gasteiger partial charge on any atom is 0.282 e. The van der Waals surface area contributed by atoms with Gasteiger partial charge in [-0.2, -0.15) is 0 Å². The summed E-state index contributed by atoms with van der Waals surface area (Å²) < 4.78 is 1.44. The van der Waals surface area contributed by atoms with Crippen LogP contribution in [0, 0.1) is 10.1 Å². The molecule has 0 bridgehead atoms. The van der Waals surface area contributed by atoms with Gasteiger partial charge < -0.3 is 9.88 Å². The van der Waals surface area contributed by atoms with E-state index in [0.717, 1.165) is 12.5 Å². The minimum absolute atomic E-state index is 0.111. The van der Waals surface area contributed by atoms with Crippen LogP contribution >= 0.6 is 0 Å². The highest BCUT2D eigenvalue weighted by Crippen LogP contribution is 2.32. The molecular formula is C19H18N4O6. The van der Waals surface area contributed by atoms with Crippen LogP contribution < -0.4 is 10.9 Å². The van der Waals surface area contributed by atoms with Gasteiger partial charge in [0.25, 0.3) is 23.1 Å². The third-order valence-electron chi connectivity index (χ3n) is 4.60. The Balaban J connectivity index is 1.85. The van der Waals surface area contributed by atoms with Crippen molar-refractivity contribution in [3.05, 3.63) is 68.1 Å². The number of hydrogen-bond acceptors (Lipinski definition) is 6. The zero-order valence-electron chi connectivity index (χ0n) is 15.7. The van der Waals surface area contributed by atoms with Crippen molar-refractivity contribution in [2.24, 2.45) is 0 Å². The van der Waals surface area contributed by atoms with Crippen LogP contribution in [0.5, 0.6) is 0 Å². The number of carbonyl (C=O) groups excluding carboxylic acids is 3. The number of nitro groups is 1. The zero-order chi connectivity index (χ0) is 21.3. The van der Waals surface area contributed by atoms with E-state index in [0.29, 0.717) is 17.1 Å². The lowest BCUT2D eigenvalue weighted by molar-refractivity contribution is -0.385. The van der Waals surface area contributed by atoms with Gasteiger partial charge in [0.2, 0.25) is 5.91 Å². The lowest BCUT2D eigenvalue weighted by Crippen LogP contribution is -2.45. The van der Waals surface area contributed by atoms with Crippen molar-refractivity contribution in [2.75, 3.05) is 5.32 Å². The Hall–Kier alpha value is -3.82. The summed E-state index contributed by atoms with van der Waals surface area (Å²) in [5, 5.41) is 13.8. The molecule has 1 aliphatic rings. The van der Waals surface area contributed by atoms with Crippen molar-refractivity contribution in [2.45, 2.75) is 32.9 Å². The summed E-state index contributed by atoms with van der Waals surface area (Å²) >= 11 is 0. The summed E-state index contributed by atoms with van der Waals surface area (Å²) in [5.74, 6) is -2.33. The number of rotatable bonds is 6. The number of pyridine rings is 1. The number of aromatic nitrogens is 1. The van der Waals surface area contributed by atoms with Gasteiger partial charge >= 0.3 is 0 Å². The molecule has 1 aromatic heterocycles. The largest absolute Gasteiger partial charge is 0.323 e. The van der Waals surface area contributed by atoms with Crippen molar-refractivity contribution in [3.8, 4) is 0 Å². The summed E-state index contributed by atoms with van der Waals surface area (Å²) in [5.41, 5.74) is -0.801. The van der Waals surface area contributed by atoms with E-state index in [1.807, 2.05) is 6.92 Å². The molecule has 10 nitrogen and oxygen atoms in total. The average Bonchev–Trinajstić information content (AvgIpc) is 2.94. The first kappa shape index (κ1) is 19.9. The number of benzene rings is 1. The summed E-state index contributed by atoms with van der Waals surface area (Å²) in [4.78, 5) is 60.9. The van der Waals surface area contributed by atoms with E-state index in [2.05, 4.69) is 5.32 Å². The van der Waals surface area contributed by atoms with E-state index < -0.39 is 34.4 Å². The molecule has 1 atom stereocenters. The van der Waals surface area contributed by atoms with Gasteiger partial charge in [0.1, 0.15) is 11.6 Å². The number of hydrogen-bond donors (Lipinski definition) is 1. The highest BCUT2D eigenvalue weighted by molar-refractivity contribution is 6.24. The quantitative estimate of drug-likeness (QED) is 0.448. The predicted octanol–water partition coefficient (Wildman–Crippen LogP) is 1.79. The molecule has 0 saturated carbocycles. The molecule has 2 aromatic rings. The van der Waals surface area contributed by atoms with Gasteiger partial charge in [-0.1, -0.05) is 13.0 Å². The van der Waals surface area contributed by atoms with Gasteiger partial charge in [-0.25, -0.2) is 0 Å². The fourth-order valence-electron chi connectivity index (χ4n) is 3.17. The van der Waals surface area contributed by atoms with Crippen molar-refractivity contribution in [3.63, 3.8) is 0 Å². The molecule has 0 saturated heterocycles. The van der Waals surface area contributed by atoms with Crippen LogP contribution in [0.2, 0.25) is 0 Å². The second-order valence-corrected chi connectivity index (χ2v) is 6.55. The van der Waals surface area contributed by atoms with E-state index in [-0.39, 0.29) is 16.7 Å². The third-order valence-corrected chi connectivity index (χ3v) is 4.60. The molecule has 0 aliphatic carbocycles. The van der Waals surface area contributed by atoms with Gasteiger partial charge in [-0.3, -0.25) is 34.2 Å². The molecule has 1 aliphatic heterocycles. The topological polar surface area (TPSA) is 132 Å². The van der Waals surface area contributed by atoms with Crippen LogP contribution in [0.1, 0.15) is 41.0 Å². The Morgan fingerprint density at radius 3 is 2.55 bits per heavy atom. The Morgan fingerprint density at radius 2 is 1.90 bits per heavy atom. The summed E-state index contributed by atoms with van der Waals surface area (Å²) in [6.45, 7) is 3.73. The molecule has 2 heterocycles. The number of anilines is 1. The molecule has 10 heteroatoms. The standard InChI is InChI=1S/C19H18N4O6/c1-3-9-21-10-12(7-8-15(21)24)20-17(25)11(2)22-18(26)13-5-4-6-14(23(28)29)16(13)19(22)27/h4-8,10-11H,3,9H2,1-2H3,(H,20,25).